The molecule has 0 unspecified atom stereocenters. The van der Waals surface area contributed by atoms with Crippen molar-refractivity contribution >= 4 is 35.2 Å². The molecule has 0 fully saturated rings. The van der Waals surface area contributed by atoms with Gasteiger partial charge < -0.3 is 22.9 Å². The summed E-state index contributed by atoms with van der Waals surface area (Å²) in [5, 5.41) is 16.8. The highest BCUT2D eigenvalue weighted by atomic mass is 15.4. The minimum absolute atomic E-state index is 0.0287. The Hall–Kier alpha value is -4.08. The lowest BCUT2D eigenvalue weighted by molar-refractivity contribution is 0.933. The van der Waals surface area contributed by atoms with E-state index in [2.05, 4.69) is 9.98 Å². The summed E-state index contributed by atoms with van der Waals surface area (Å²) in [7, 11) is 0. The molecule has 2 aromatic carbocycles. The quantitative estimate of drug-likeness (QED) is 0.255. The lowest BCUT2D eigenvalue weighted by atomic mass is 10.1. The Morgan fingerprint density at radius 1 is 0.724 bits per heavy atom. The number of aliphatic imine (C=N–C) groups is 2. The lowest BCUT2D eigenvalue weighted by Gasteiger charge is -2.32. The van der Waals surface area contributed by atoms with E-state index in [4.69, 9.17) is 33.8 Å². The molecule has 0 heterocycles. The van der Waals surface area contributed by atoms with E-state index in [1.54, 1.807) is 9.80 Å². The summed E-state index contributed by atoms with van der Waals surface area (Å²) in [4.78, 5) is 10.9. The number of nitrogens with two attached hydrogens (primary N) is 4. The zero-order valence-corrected chi connectivity index (χ0v) is 16.4. The highest BCUT2D eigenvalue weighted by Crippen LogP contribution is 2.25. The first-order valence-corrected chi connectivity index (χ1v) is 8.73. The molecule has 152 valence electrons. The Kier molecular flexibility index (Phi) is 6.75. The van der Waals surface area contributed by atoms with Crippen molar-refractivity contribution in [3.63, 3.8) is 0 Å². The van der Waals surface area contributed by atoms with Gasteiger partial charge in [-0.1, -0.05) is 36.4 Å². The number of anilines is 2. The average Bonchev–Trinajstić information content (AvgIpc) is 2.63. The second kappa shape index (κ2) is 9.22. The SMILES string of the molecule is Cc1ccccc1N(CN(C(=N)N=C(N)N)c1ccccc1C)C(=N)N=C(N)N. The normalized spacial score (nSPS) is 10.0. The standard InChI is InChI=1S/C19H26N10/c1-12-7-3-5-9-14(12)28(18(24)26-16(20)21)11-29(19(25)27-17(22)23)15-10-6-4-8-13(15)2/h3-10H,11H2,1-2H3,(H5,20,21,24,26)(H5,22,23,25,27). The van der Waals surface area contributed by atoms with Gasteiger partial charge in [0.2, 0.25) is 11.9 Å². The third kappa shape index (κ3) is 5.45. The van der Waals surface area contributed by atoms with E-state index in [1.807, 2.05) is 62.4 Å². The first-order valence-electron chi connectivity index (χ1n) is 8.73. The van der Waals surface area contributed by atoms with Crippen LogP contribution in [0.1, 0.15) is 11.1 Å². The molecular weight excluding hydrogens is 368 g/mol. The molecule has 0 radical (unpaired) electrons. The summed E-state index contributed by atoms with van der Waals surface area (Å²) in [6.45, 7) is 3.84. The zero-order chi connectivity index (χ0) is 21.6. The van der Waals surface area contributed by atoms with Crippen molar-refractivity contribution in [2.45, 2.75) is 13.8 Å². The maximum Gasteiger partial charge on any atom is 0.227 e. The van der Waals surface area contributed by atoms with Gasteiger partial charge in [-0.25, -0.2) is 0 Å². The van der Waals surface area contributed by atoms with E-state index in [9.17, 15) is 0 Å². The molecule has 2 rings (SSSR count). The highest BCUT2D eigenvalue weighted by Gasteiger charge is 2.22. The largest absolute Gasteiger partial charge is 0.370 e. The van der Waals surface area contributed by atoms with Gasteiger partial charge in [-0.3, -0.25) is 20.6 Å². The minimum atomic E-state index is -0.240. The number of guanidine groups is 4. The van der Waals surface area contributed by atoms with Crippen LogP contribution in [0, 0.1) is 24.7 Å². The van der Waals surface area contributed by atoms with Gasteiger partial charge in [0, 0.05) is 11.4 Å². The predicted molar refractivity (Wildman–Crippen MR) is 119 cm³/mol. The number of nitrogens with one attached hydrogen (secondary N) is 2. The van der Waals surface area contributed by atoms with Crippen molar-refractivity contribution in [2.75, 3.05) is 16.5 Å². The molecule has 0 bridgehead atoms. The van der Waals surface area contributed by atoms with Crippen LogP contribution in [0.25, 0.3) is 0 Å². The van der Waals surface area contributed by atoms with Crippen LogP contribution in [0.2, 0.25) is 0 Å². The Balaban J connectivity index is 2.58. The van der Waals surface area contributed by atoms with Crippen LogP contribution < -0.4 is 32.7 Å². The number of rotatable bonds is 4. The monoisotopic (exact) mass is 394 g/mol. The highest BCUT2D eigenvalue weighted by molar-refractivity contribution is 6.05. The number of hydrogen-bond acceptors (Lipinski definition) is 2. The number of para-hydroxylation sites is 2. The summed E-state index contributed by atoms with van der Waals surface area (Å²) < 4.78 is 0. The lowest BCUT2D eigenvalue weighted by Crippen LogP contribution is -2.45. The maximum atomic E-state index is 8.40. The van der Waals surface area contributed by atoms with E-state index in [-0.39, 0.29) is 30.5 Å². The third-order valence-electron chi connectivity index (χ3n) is 4.08. The molecule has 10 heteroatoms. The smallest absolute Gasteiger partial charge is 0.227 e. The van der Waals surface area contributed by atoms with Gasteiger partial charge in [-0.15, -0.1) is 0 Å². The minimum Gasteiger partial charge on any atom is -0.370 e. The Bertz CT molecular complexity index is 877. The molecule has 0 spiro atoms. The summed E-state index contributed by atoms with van der Waals surface area (Å²) in [6, 6.07) is 15.0. The van der Waals surface area contributed by atoms with Crippen molar-refractivity contribution in [1.82, 2.24) is 0 Å². The van der Waals surface area contributed by atoms with Crippen molar-refractivity contribution in [1.29, 1.82) is 10.8 Å². The van der Waals surface area contributed by atoms with Crippen LogP contribution in [0.3, 0.4) is 0 Å². The van der Waals surface area contributed by atoms with Crippen LogP contribution in [0.4, 0.5) is 11.4 Å². The molecule has 0 saturated heterocycles. The molecular formula is C19H26N10. The molecule has 10 nitrogen and oxygen atoms in total. The fourth-order valence-corrected chi connectivity index (χ4v) is 2.75. The van der Waals surface area contributed by atoms with Crippen LogP contribution in [0.5, 0.6) is 0 Å². The van der Waals surface area contributed by atoms with Gasteiger partial charge in [0.05, 0.1) is 0 Å². The summed E-state index contributed by atoms with van der Waals surface area (Å²) in [5.74, 6) is -0.851. The fraction of sp³-hybridized carbons (Fsp3) is 0.158. The second-order valence-corrected chi connectivity index (χ2v) is 6.29. The number of nitrogens with zero attached hydrogens (tertiary/aromatic N) is 4. The molecule has 2 aromatic rings. The van der Waals surface area contributed by atoms with E-state index in [0.717, 1.165) is 11.1 Å². The van der Waals surface area contributed by atoms with Crippen molar-refractivity contribution in [2.24, 2.45) is 32.9 Å². The summed E-state index contributed by atoms with van der Waals surface area (Å²) in [6.07, 6.45) is 0. The van der Waals surface area contributed by atoms with Crippen molar-refractivity contribution < 1.29 is 0 Å². The van der Waals surface area contributed by atoms with Gasteiger partial charge in [0.25, 0.3) is 0 Å². The topological polar surface area (TPSA) is 183 Å². The van der Waals surface area contributed by atoms with Crippen molar-refractivity contribution in [3.05, 3.63) is 59.7 Å². The number of aryl methyl sites for hydroxylation is 2. The number of benzene rings is 2. The fourth-order valence-electron chi connectivity index (χ4n) is 2.75. The van der Waals surface area contributed by atoms with Crippen LogP contribution in [-0.2, 0) is 0 Å². The van der Waals surface area contributed by atoms with E-state index >= 15 is 0 Å². The molecule has 0 aliphatic rings. The van der Waals surface area contributed by atoms with E-state index in [0.29, 0.717) is 11.4 Å². The van der Waals surface area contributed by atoms with Gasteiger partial charge in [-0.2, -0.15) is 9.98 Å². The maximum absolute atomic E-state index is 8.40. The number of hydrogen-bond donors (Lipinski definition) is 6. The summed E-state index contributed by atoms with van der Waals surface area (Å²) >= 11 is 0. The molecule has 0 aliphatic heterocycles. The third-order valence-corrected chi connectivity index (χ3v) is 4.08. The predicted octanol–water partition coefficient (Wildman–Crippen LogP) is 0.990. The van der Waals surface area contributed by atoms with E-state index in [1.165, 1.54) is 0 Å². The molecule has 0 saturated carbocycles. The summed E-state index contributed by atoms with van der Waals surface area (Å²) in [5.41, 5.74) is 25.2. The molecule has 29 heavy (non-hydrogen) atoms. The van der Waals surface area contributed by atoms with Gasteiger partial charge in [0.15, 0.2) is 11.9 Å². The van der Waals surface area contributed by atoms with Gasteiger partial charge >= 0.3 is 0 Å². The Morgan fingerprint density at radius 3 is 1.38 bits per heavy atom. The first-order chi connectivity index (χ1) is 13.7. The van der Waals surface area contributed by atoms with Gasteiger partial charge in [-0.05, 0) is 37.1 Å². The molecule has 0 atom stereocenters. The Labute approximate surface area is 169 Å². The van der Waals surface area contributed by atoms with Crippen LogP contribution >= 0.6 is 0 Å². The molecule has 0 aromatic heterocycles. The molecule has 10 N–H and O–H groups in total. The zero-order valence-electron chi connectivity index (χ0n) is 16.4. The average molecular weight is 394 g/mol. The van der Waals surface area contributed by atoms with Crippen LogP contribution in [0.15, 0.2) is 58.5 Å². The van der Waals surface area contributed by atoms with E-state index < -0.39 is 0 Å². The Morgan fingerprint density at radius 2 is 1.07 bits per heavy atom. The van der Waals surface area contributed by atoms with Gasteiger partial charge in [0.1, 0.15) is 6.67 Å². The first kappa shape index (κ1) is 21.2. The molecule has 0 aliphatic carbocycles. The molecule has 0 amide bonds. The van der Waals surface area contributed by atoms with Crippen molar-refractivity contribution in [3.8, 4) is 0 Å². The second-order valence-electron chi connectivity index (χ2n) is 6.29. The van der Waals surface area contributed by atoms with Crippen LogP contribution in [-0.4, -0.2) is 30.5 Å².